The molecule has 2 atom stereocenters. The maximum Gasteiger partial charge on any atom is 0.307 e. The van der Waals surface area contributed by atoms with E-state index in [9.17, 15) is 15.0 Å². The van der Waals surface area contributed by atoms with Gasteiger partial charge in [0.1, 0.15) is 12.0 Å². The van der Waals surface area contributed by atoms with Crippen LogP contribution in [-0.4, -0.2) is 68.7 Å². The molecule has 8 nitrogen and oxygen atoms in total. The molecule has 1 aliphatic heterocycles. The molecule has 0 saturated carbocycles. The second-order valence-electron chi connectivity index (χ2n) is 8.78. The van der Waals surface area contributed by atoms with Crippen LogP contribution in [0.1, 0.15) is 45.4 Å². The highest BCUT2D eigenvalue weighted by atomic mass is 35.5. The topological polar surface area (TPSA) is 110 Å². The van der Waals surface area contributed by atoms with Crippen molar-refractivity contribution in [1.82, 2.24) is 15.0 Å². The lowest BCUT2D eigenvalue weighted by atomic mass is 10.1. The smallest absolute Gasteiger partial charge is 0.307 e. The first-order valence-electron chi connectivity index (χ1n) is 12.5. The molecule has 208 valence electrons. The zero-order chi connectivity index (χ0) is 27.5. The number of carboxylic acid groups (broad SMARTS) is 1. The first-order valence-corrected chi connectivity index (χ1v) is 16.9. The molecule has 1 aromatic carbocycles. The Balaban J connectivity index is 1.51. The summed E-state index contributed by atoms with van der Waals surface area (Å²) in [6.45, 7) is 5.51. The van der Waals surface area contributed by atoms with Gasteiger partial charge in [0, 0.05) is 21.2 Å². The number of fused-ring (bicyclic) bond motifs is 1. The number of thioether (sulfide) groups is 2. The van der Waals surface area contributed by atoms with Gasteiger partial charge in [0.15, 0.2) is 0 Å². The van der Waals surface area contributed by atoms with Gasteiger partial charge in [-0.25, -0.2) is 0 Å². The monoisotopic (exact) mass is 618 g/mol. The van der Waals surface area contributed by atoms with Crippen molar-refractivity contribution >= 4 is 72.3 Å². The fraction of sp³-hybridized carbons (Fsp3) is 0.520. The van der Waals surface area contributed by atoms with Gasteiger partial charge in [-0.05, 0) is 56.2 Å². The Kier molecular flexibility index (Phi) is 13.2. The summed E-state index contributed by atoms with van der Waals surface area (Å²) in [6.07, 6.45) is 9.58. The number of aryl methyl sites for hydroxylation is 1. The Hall–Kier alpha value is -1.29. The Labute approximate surface area is 243 Å². The minimum Gasteiger partial charge on any atom is -0.481 e. The number of carbonyl (C=O) groups is 1. The van der Waals surface area contributed by atoms with Crippen molar-refractivity contribution in [3.63, 3.8) is 0 Å². The summed E-state index contributed by atoms with van der Waals surface area (Å²) in [5.74, 6) is -0.999. The quantitative estimate of drug-likeness (QED) is 0.104. The largest absolute Gasteiger partial charge is 0.481 e. The number of halogens is 2. The van der Waals surface area contributed by atoms with Crippen molar-refractivity contribution in [3.05, 3.63) is 38.9 Å². The maximum absolute atomic E-state index is 11.6. The zero-order valence-electron chi connectivity index (χ0n) is 21.5. The lowest BCUT2D eigenvalue weighted by Crippen LogP contribution is -2.17. The number of aliphatic carboxylic acids is 1. The van der Waals surface area contributed by atoms with Crippen LogP contribution in [0.3, 0.4) is 0 Å². The summed E-state index contributed by atoms with van der Waals surface area (Å²) >= 11 is 15.4. The van der Waals surface area contributed by atoms with Crippen molar-refractivity contribution in [2.24, 2.45) is 5.16 Å². The Morgan fingerprint density at radius 2 is 2.00 bits per heavy atom. The molecule has 0 saturated heterocycles. The highest BCUT2D eigenvalue weighted by Gasteiger charge is 2.30. The van der Waals surface area contributed by atoms with Crippen LogP contribution in [0.25, 0.3) is 0 Å². The van der Waals surface area contributed by atoms with Crippen LogP contribution in [0, 0.1) is 0 Å². The number of unbranched alkanes of at least 4 members (excludes halogenated alkanes) is 3. The molecule has 0 spiro atoms. The molecular weight excluding hydrogens is 586 g/mol. The van der Waals surface area contributed by atoms with Crippen LogP contribution in [0.5, 0.6) is 0 Å². The van der Waals surface area contributed by atoms with E-state index in [1.807, 2.05) is 4.68 Å². The molecule has 0 aliphatic carbocycles. The fourth-order valence-electron chi connectivity index (χ4n) is 3.70. The number of hydrogen-bond acceptors (Lipinski definition) is 8. The minimum absolute atomic E-state index is 0.182. The minimum atomic E-state index is -0.999. The number of aromatic nitrogens is 3. The summed E-state index contributed by atoms with van der Waals surface area (Å²) in [5.41, 5.74) is 1.58. The molecule has 1 aromatic heterocycles. The van der Waals surface area contributed by atoms with Gasteiger partial charge in [0.05, 0.1) is 40.7 Å². The molecular formula is C25H33Cl2N4O4PS2. The van der Waals surface area contributed by atoms with Crippen molar-refractivity contribution in [1.29, 1.82) is 0 Å². The molecule has 3 rings (SSSR count). The van der Waals surface area contributed by atoms with Crippen molar-refractivity contribution in [2.45, 2.75) is 67.0 Å². The SMILES string of the molecule is CCCCP(C)c1cn(CCCCCO/N=C/C(CC(=O)O)=C2\Sc3c(Cl)ccc(Cl)c3SC2CO)nn1. The molecule has 2 unspecified atom stereocenters. The van der Waals surface area contributed by atoms with Gasteiger partial charge in [-0.15, -0.1) is 16.9 Å². The molecule has 2 N–H and O–H groups in total. The highest BCUT2D eigenvalue weighted by molar-refractivity contribution is 8.09. The summed E-state index contributed by atoms with van der Waals surface area (Å²) in [6, 6.07) is 3.42. The molecule has 2 heterocycles. The van der Waals surface area contributed by atoms with Crippen LogP contribution in [0.2, 0.25) is 10.0 Å². The first-order chi connectivity index (χ1) is 18.3. The van der Waals surface area contributed by atoms with Crippen LogP contribution in [0.15, 0.2) is 43.8 Å². The standard InChI is InChI=1S/C25H33Cl2N4O4PS2/c1-3-4-12-36(2)21-15-31(30-29-21)10-6-5-7-11-35-28-14-17(13-22(33)34)23-20(16-32)37-24-18(26)8-9-19(27)25(24)38-23/h8-9,14-15,20,32H,3-7,10-13,16H2,1-2H3,(H,33,34)/b23-17-,28-14+. The second-order valence-corrected chi connectivity index (χ2v) is 14.2. The number of aliphatic hydroxyl groups is 1. The number of aliphatic hydroxyl groups excluding tert-OH is 1. The number of rotatable bonds is 15. The van der Waals surface area contributed by atoms with E-state index in [2.05, 4.69) is 35.3 Å². The van der Waals surface area contributed by atoms with Gasteiger partial charge in [-0.1, -0.05) is 66.6 Å². The average molecular weight is 620 g/mol. The van der Waals surface area contributed by atoms with E-state index in [-0.39, 0.29) is 26.2 Å². The van der Waals surface area contributed by atoms with Crippen molar-refractivity contribution in [3.8, 4) is 0 Å². The molecule has 0 bridgehead atoms. The van der Waals surface area contributed by atoms with Gasteiger partial charge < -0.3 is 15.1 Å². The predicted molar refractivity (Wildman–Crippen MR) is 159 cm³/mol. The van der Waals surface area contributed by atoms with Gasteiger partial charge in [-0.2, -0.15) is 0 Å². The summed E-state index contributed by atoms with van der Waals surface area (Å²) in [4.78, 5) is 19.2. The van der Waals surface area contributed by atoms with E-state index < -0.39 is 5.97 Å². The molecule has 2 aromatic rings. The Morgan fingerprint density at radius 3 is 2.71 bits per heavy atom. The van der Waals surface area contributed by atoms with E-state index in [1.54, 1.807) is 12.1 Å². The predicted octanol–water partition coefficient (Wildman–Crippen LogP) is 6.28. The van der Waals surface area contributed by atoms with Crippen LogP contribution >= 0.6 is 54.6 Å². The summed E-state index contributed by atoms with van der Waals surface area (Å²) < 4.78 is 1.92. The van der Waals surface area contributed by atoms with E-state index in [0.717, 1.165) is 41.0 Å². The number of carboxylic acids is 1. The summed E-state index contributed by atoms with van der Waals surface area (Å²) in [5, 5.41) is 32.8. The number of oxime groups is 1. The molecule has 0 radical (unpaired) electrons. The molecule has 1 aliphatic rings. The first kappa shape index (κ1) is 31.2. The zero-order valence-corrected chi connectivity index (χ0v) is 25.5. The van der Waals surface area contributed by atoms with Gasteiger partial charge in [0.25, 0.3) is 0 Å². The molecule has 0 amide bonds. The van der Waals surface area contributed by atoms with Crippen molar-refractivity contribution < 1.29 is 19.8 Å². The third-order valence-corrected chi connectivity index (χ3v) is 11.6. The van der Waals surface area contributed by atoms with Crippen molar-refractivity contribution in [2.75, 3.05) is 26.0 Å². The second kappa shape index (κ2) is 16.1. The van der Waals surface area contributed by atoms with Gasteiger partial charge in [-0.3, -0.25) is 9.48 Å². The number of benzene rings is 1. The molecule has 13 heteroatoms. The number of hydrogen-bond donors (Lipinski definition) is 2. The maximum atomic E-state index is 11.6. The van der Waals surface area contributed by atoms with Crippen LogP contribution < -0.4 is 5.44 Å². The Bertz CT molecular complexity index is 1150. The van der Waals surface area contributed by atoms with Gasteiger partial charge >= 0.3 is 5.97 Å². The third kappa shape index (κ3) is 9.14. The molecule has 0 fully saturated rings. The van der Waals surface area contributed by atoms with E-state index >= 15 is 0 Å². The average Bonchev–Trinajstić information content (AvgIpc) is 3.38. The normalized spacial score (nSPS) is 17.4. The molecule has 38 heavy (non-hydrogen) atoms. The third-order valence-electron chi connectivity index (χ3n) is 5.78. The highest BCUT2D eigenvalue weighted by Crippen LogP contribution is 2.53. The van der Waals surface area contributed by atoms with E-state index in [1.165, 1.54) is 48.7 Å². The summed E-state index contributed by atoms with van der Waals surface area (Å²) in [7, 11) is -0.226. The van der Waals surface area contributed by atoms with E-state index in [0.29, 0.717) is 27.1 Å². The lowest BCUT2D eigenvalue weighted by Gasteiger charge is -2.28. The Morgan fingerprint density at radius 1 is 1.24 bits per heavy atom. The van der Waals surface area contributed by atoms with E-state index in [4.69, 9.17) is 28.0 Å². The van der Waals surface area contributed by atoms with Crippen LogP contribution in [-0.2, 0) is 16.2 Å². The number of nitrogens with zero attached hydrogens (tertiary/aromatic N) is 4. The van der Waals surface area contributed by atoms with Crippen LogP contribution in [0.4, 0.5) is 0 Å². The van der Waals surface area contributed by atoms with Gasteiger partial charge in [0.2, 0.25) is 0 Å². The lowest BCUT2D eigenvalue weighted by molar-refractivity contribution is -0.136. The fourth-order valence-corrected chi connectivity index (χ4v) is 8.54.